The molecule has 1 aromatic heterocycles. The Bertz CT molecular complexity index is 612. The molecule has 2 aromatic rings. The highest BCUT2D eigenvalue weighted by Crippen LogP contribution is 2.37. The molecular weight excluding hydrogens is 422 g/mol. The van der Waals surface area contributed by atoms with Gasteiger partial charge in [-0.25, -0.2) is 0 Å². The van der Waals surface area contributed by atoms with Gasteiger partial charge in [0.1, 0.15) is 0 Å². The van der Waals surface area contributed by atoms with Gasteiger partial charge < -0.3 is 0 Å². The first-order valence-corrected chi connectivity index (χ1v) is 7.61. The van der Waals surface area contributed by atoms with Gasteiger partial charge in [0.15, 0.2) is 0 Å². The van der Waals surface area contributed by atoms with Crippen LogP contribution in [0.4, 0.5) is 13.2 Å². The average molecular weight is 429 g/mol. The van der Waals surface area contributed by atoms with Crippen molar-refractivity contribution in [1.82, 2.24) is 4.98 Å². The molecule has 0 aliphatic carbocycles. The Morgan fingerprint density at radius 3 is 2.30 bits per heavy atom. The highest BCUT2D eigenvalue weighted by Gasteiger charge is 2.30. The number of halogens is 6. The van der Waals surface area contributed by atoms with Crippen molar-refractivity contribution < 1.29 is 13.2 Å². The maximum Gasteiger partial charge on any atom is 0.417 e. The van der Waals surface area contributed by atoms with Gasteiger partial charge in [-0.3, -0.25) is 4.98 Å². The van der Waals surface area contributed by atoms with Crippen LogP contribution < -0.4 is 0 Å². The fourth-order valence-corrected chi connectivity index (χ4v) is 2.85. The number of alkyl halides is 5. The molecule has 0 radical (unpaired) electrons. The van der Waals surface area contributed by atoms with Gasteiger partial charge in [-0.15, -0.1) is 0 Å². The Morgan fingerprint density at radius 2 is 1.80 bits per heavy atom. The van der Waals surface area contributed by atoms with E-state index in [0.29, 0.717) is 16.3 Å². The Labute approximate surface area is 135 Å². The minimum Gasteiger partial charge on any atom is -0.256 e. The predicted molar refractivity (Wildman–Crippen MR) is 80.3 cm³/mol. The van der Waals surface area contributed by atoms with Crippen LogP contribution in [-0.2, 0) is 6.18 Å². The predicted octanol–water partition coefficient (Wildman–Crippen LogP) is 6.21. The van der Waals surface area contributed by atoms with Crippen LogP contribution in [0.25, 0.3) is 11.3 Å². The second kappa shape index (κ2) is 6.03. The molecule has 106 valence electrons. The molecule has 7 heteroatoms. The fourth-order valence-electron chi connectivity index (χ4n) is 1.60. The molecule has 0 fully saturated rings. The van der Waals surface area contributed by atoms with Gasteiger partial charge in [0.05, 0.1) is 15.0 Å². The Morgan fingerprint density at radius 1 is 1.10 bits per heavy atom. The van der Waals surface area contributed by atoms with Crippen LogP contribution in [0.5, 0.6) is 0 Å². The van der Waals surface area contributed by atoms with Crippen molar-refractivity contribution in [2.45, 2.75) is 9.91 Å². The summed E-state index contributed by atoms with van der Waals surface area (Å²) in [5.74, 6) is 0. The lowest BCUT2D eigenvalue weighted by molar-refractivity contribution is -0.137. The molecule has 0 aliphatic heterocycles. The zero-order chi connectivity index (χ0) is 14.9. The van der Waals surface area contributed by atoms with Crippen LogP contribution in [0.3, 0.4) is 0 Å². The molecule has 0 unspecified atom stereocenters. The normalized spacial score (nSPS) is 11.9. The fraction of sp³-hybridized carbons (Fsp3) is 0.154. The second-order valence-electron chi connectivity index (χ2n) is 3.97. The van der Waals surface area contributed by atoms with E-state index in [9.17, 15) is 13.2 Å². The van der Waals surface area contributed by atoms with Crippen molar-refractivity contribution in [3.63, 3.8) is 0 Å². The molecule has 0 aliphatic rings. The number of hydrogen-bond donors (Lipinski definition) is 0. The molecule has 20 heavy (non-hydrogen) atoms. The summed E-state index contributed by atoms with van der Waals surface area (Å²) in [5, 5.41) is 0.555. The summed E-state index contributed by atoms with van der Waals surface area (Å²) in [7, 11) is 0. The minimum absolute atomic E-state index is 0.142. The molecular formula is C13H7Br2ClF3N. The van der Waals surface area contributed by atoms with Crippen molar-refractivity contribution in [2.24, 2.45) is 0 Å². The van der Waals surface area contributed by atoms with E-state index in [1.54, 1.807) is 18.2 Å². The van der Waals surface area contributed by atoms with Gasteiger partial charge in [0, 0.05) is 16.8 Å². The molecule has 1 heterocycles. The van der Waals surface area contributed by atoms with Crippen LogP contribution in [0.1, 0.15) is 14.9 Å². The van der Waals surface area contributed by atoms with Gasteiger partial charge in [-0.1, -0.05) is 49.5 Å². The highest BCUT2D eigenvalue weighted by molar-refractivity contribution is 9.24. The van der Waals surface area contributed by atoms with E-state index < -0.39 is 11.7 Å². The summed E-state index contributed by atoms with van der Waals surface area (Å²) in [5.41, 5.74) is 1.17. The van der Waals surface area contributed by atoms with Crippen LogP contribution in [-0.4, -0.2) is 4.98 Å². The number of benzene rings is 1. The Balaban J connectivity index is 2.40. The number of nitrogens with zero attached hydrogens (tertiary/aromatic N) is 1. The number of pyridine rings is 1. The van der Waals surface area contributed by atoms with E-state index in [1.807, 2.05) is 0 Å². The van der Waals surface area contributed by atoms with Crippen molar-refractivity contribution in [2.75, 3.05) is 0 Å². The molecule has 1 nitrogen and oxygen atoms in total. The van der Waals surface area contributed by atoms with Crippen molar-refractivity contribution in [3.8, 4) is 11.3 Å². The lowest BCUT2D eigenvalue weighted by atomic mass is 10.1. The number of rotatable bonds is 2. The van der Waals surface area contributed by atoms with Crippen LogP contribution in [0, 0.1) is 0 Å². The summed E-state index contributed by atoms with van der Waals surface area (Å²) in [6, 6.07) is 7.51. The number of aromatic nitrogens is 1. The van der Waals surface area contributed by atoms with Gasteiger partial charge >= 0.3 is 6.18 Å². The summed E-state index contributed by atoms with van der Waals surface area (Å²) in [6.07, 6.45) is -3.56. The molecule has 0 spiro atoms. The van der Waals surface area contributed by atoms with Gasteiger partial charge in [0.25, 0.3) is 0 Å². The van der Waals surface area contributed by atoms with Crippen LogP contribution >= 0.6 is 43.5 Å². The average Bonchev–Trinajstić information content (AvgIpc) is 2.38. The van der Waals surface area contributed by atoms with E-state index in [4.69, 9.17) is 11.6 Å². The molecule has 0 bridgehead atoms. The standard InChI is InChI=1S/C13H7Br2ClF3N/c14-12(15)9-5-7(1-3-10(9)16)11-4-2-8(6-20-11)13(17,18)19/h1-6,12H. The third kappa shape index (κ3) is 3.54. The largest absolute Gasteiger partial charge is 0.417 e. The quantitative estimate of drug-likeness (QED) is 0.518. The van der Waals surface area contributed by atoms with E-state index in [0.717, 1.165) is 17.8 Å². The molecule has 2 rings (SSSR count). The van der Waals surface area contributed by atoms with Crippen LogP contribution in [0.2, 0.25) is 5.02 Å². The SMILES string of the molecule is FC(F)(F)c1ccc(-c2ccc(Cl)c(C(Br)Br)c2)nc1. The summed E-state index contributed by atoms with van der Waals surface area (Å²) in [4.78, 5) is 3.85. The van der Waals surface area contributed by atoms with Gasteiger partial charge in [-0.05, 0) is 29.8 Å². The Kier molecular flexibility index (Phi) is 4.76. The number of hydrogen-bond acceptors (Lipinski definition) is 1. The zero-order valence-electron chi connectivity index (χ0n) is 9.76. The minimum atomic E-state index is -4.38. The van der Waals surface area contributed by atoms with Gasteiger partial charge in [-0.2, -0.15) is 13.2 Å². The highest BCUT2D eigenvalue weighted by atomic mass is 79.9. The molecule has 0 saturated carbocycles. The Hall–Kier alpha value is -0.590. The molecule has 0 saturated heterocycles. The lowest BCUT2D eigenvalue weighted by Crippen LogP contribution is -2.05. The van der Waals surface area contributed by atoms with Crippen molar-refractivity contribution in [3.05, 3.63) is 52.7 Å². The first-order chi connectivity index (χ1) is 9.29. The zero-order valence-corrected chi connectivity index (χ0v) is 13.7. The van der Waals surface area contributed by atoms with Crippen LogP contribution in [0.15, 0.2) is 36.5 Å². The summed E-state index contributed by atoms with van der Waals surface area (Å²) < 4.78 is 37.3. The van der Waals surface area contributed by atoms with Crippen molar-refractivity contribution in [1.29, 1.82) is 0 Å². The van der Waals surface area contributed by atoms with Gasteiger partial charge in [0.2, 0.25) is 0 Å². The van der Waals surface area contributed by atoms with E-state index in [2.05, 4.69) is 36.8 Å². The maximum absolute atomic E-state index is 12.5. The maximum atomic E-state index is 12.5. The topological polar surface area (TPSA) is 12.9 Å². The molecule has 0 atom stereocenters. The van der Waals surface area contributed by atoms with E-state index >= 15 is 0 Å². The van der Waals surface area contributed by atoms with E-state index in [-0.39, 0.29) is 3.74 Å². The first-order valence-electron chi connectivity index (χ1n) is 5.40. The third-order valence-electron chi connectivity index (χ3n) is 2.62. The smallest absolute Gasteiger partial charge is 0.256 e. The third-order valence-corrected chi connectivity index (χ3v) is 3.95. The molecule has 1 aromatic carbocycles. The summed E-state index contributed by atoms with van der Waals surface area (Å²) >= 11 is 12.7. The van der Waals surface area contributed by atoms with E-state index in [1.165, 1.54) is 6.07 Å². The molecule has 0 N–H and O–H groups in total. The monoisotopic (exact) mass is 427 g/mol. The second-order valence-corrected chi connectivity index (χ2v) is 7.43. The first kappa shape index (κ1) is 15.8. The molecule has 0 amide bonds. The summed E-state index contributed by atoms with van der Waals surface area (Å²) in [6.45, 7) is 0. The lowest BCUT2D eigenvalue weighted by Gasteiger charge is -2.10. The van der Waals surface area contributed by atoms with Crippen molar-refractivity contribution >= 4 is 43.5 Å².